The van der Waals surface area contributed by atoms with Crippen LogP contribution >= 0.6 is 0 Å². The van der Waals surface area contributed by atoms with Gasteiger partial charge in [-0.3, -0.25) is 0 Å². The lowest BCUT2D eigenvalue weighted by molar-refractivity contribution is 0.411. The molecular formula is C73H69BN2. The highest BCUT2D eigenvalue weighted by Gasteiger charge is 2.55. The second-order valence-electron chi connectivity index (χ2n) is 28.6. The van der Waals surface area contributed by atoms with Gasteiger partial charge in [-0.15, -0.1) is 0 Å². The van der Waals surface area contributed by atoms with Gasteiger partial charge in [-0.25, -0.2) is 0 Å². The molecule has 11 aromatic rings. The van der Waals surface area contributed by atoms with E-state index in [1.807, 2.05) is 0 Å². The number of aromatic nitrogens is 2. The van der Waals surface area contributed by atoms with Crippen LogP contribution in [0, 0.1) is 21.7 Å². The minimum atomic E-state index is -0.597. The van der Waals surface area contributed by atoms with Gasteiger partial charge in [-0.1, -0.05) is 192 Å². The van der Waals surface area contributed by atoms with E-state index in [9.17, 15) is 0 Å². The van der Waals surface area contributed by atoms with Crippen LogP contribution in [0.25, 0.3) is 88.0 Å². The molecule has 4 aliphatic rings. The van der Waals surface area contributed by atoms with Gasteiger partial charge in [-0.05, 0) is 178 Å². The van der Waals surface area contributed by atoms with Crippen molar-refractivity contribution >= 4 is 77.5 Å². The van der Waals surface area contributed by atoms with Crippen LogP contribution in [-0.2, 0) is 31.1 Å². The van der Waals surface area contributed by atoms with Gasteiger partial charge in [0.15, 0.2) is 0 Å². The van der Waals surface area contributed by atoms with Gasteiger partial charge in [-0.2, -0.15) is 0 Å². The van der Waals surface area contributed by atoms with Gasteiger partial charge in [0.2, 0.25) is 0 Å². The number of fused-ring (bicyclic) bond motifs is 15. The van der Waals surface area contributed by atoms with Gasteiger partial charge in [0.1, 0.15) is 0 Å². The Labute approximate surface area is 449 Å². The van der Waals surface area contributed by atoms with Gasteiger partial charge in [0, 0.05) is 43.8 Å². The number of nitrogens with zero attached hydrogens (tertiary/aromatic N) is 2. The lowest BCUT2D eigenvalue weighted by Crippen LogP contribution is -2.61. The summed E-state index contributed by atoms with van der Waals surface area (Å²) >= 11 is 0. The first-order chi connectivity index (χ1) is 36.1. The highest BCUT2D eigenvalue weighted by atomic mass is 15.1. The molecule has 374 valence electrons. The van der Waals surface area contributed by atoms with Crippen molar-refractivity contribution in [2.45, 2.75) is 114 Å². The Hall–Kier alpha value is -7.10. The summed E-state index contributed by atoms with van der Waals surface area (Å²) in [7, 11) is 0. The van der Waals surface area contributed by atoms with E-state index >= 15 is 0 Å². The molecule has 76 heavy (non-hydrogen) atoms. The van der Waals surface area contributed by atoms with E-state index in [4.69, 9.17) is 0 Å². The Balaban J connectivity index is 1.22. The van der Waals surface area contributed by atoms with E-state index in [0.29, 0.717) is 0 Å². The number of benzene rings is 9. The van der Waals surface area contributed by atoms with Crippen LogP contribution in [0.3, 0.4) is 0 Å². The maximum absolute atomic E-state index is 2.83. The Morgan fingerprint density at radius 3 is 1.47 bits per heavy atom. The first-order valence-electron chi connectivity index (χ1n) is 28.3. The van der Waals surface area contributed by atoms with Gasteiger partial charge in [0.05, 0.1) is 22.1 Å². The van der Waals surface area contributed by atoms with E-state index < -0.39 is 5.41 Å². The van der Waals surface area contributed by atoms with Crippen molar-refractivity contribution in [3.63, 3.8) is 0 Å². The molecule has 0 saturated heterocycles. The van der Waals surface area contributed by atoms with Crippen molar-refractivity contribution in [2.75, 3.05) is 0 Å². The lowest BCUT2D eigenvalue weighted by atomic mass is 9.33. The molecular weight excluding hydrogens is 916 g/mol. The van der Waals surface area contributed by atoms with Crippen molar-refractivity contribution in [3.8, 4) is 33.6 Å². The molecule has 15 rings (SSSR count). The zero-order valence-corrected chi connectivity index (χ0v) is 46.7. The second-order valence-corrected chi connectivity index (χ2v) is 28.6. The van der Waals surface area contributed by atoms with Crippen LogP contribution in [0.1, 0.15) is 128 Å². The Bertz CT molecular complexity index is 4340. The highest BCUT2D eigenvalue weighted by Crippen LogP contribution is 2.63. The molecule has 3 heteroatoms. The largest absolute Gasteiger partial charge is 0.310 e. The van der Waals surface area contributed by atoms with Gasteiger partial charge >= 0.3 is 0 Å². The van der Waals surface area contributed by atoms with Crippen LogP contribution in [0.15, 0.2) is 152 Å². The summed E-state index contributed by atoms with van der Waals surface area (Å²) in [4.78, 5) is 0. The predicted octanol–water partition coefficient (Wildman–Crippen LogP) is 16.9. The molecule has 0 saturated carbocycles. The zero-order valence-electron chi connectivity index (χ0n) is 46.7. The summed E-state index contributed by atoms with van der Waals surface area (Å²) in [5, 5.41) is 8.07. The molecule has 0 atom stereocenters. The third kappa shape index (κ3) is 6.47. The molecule has 2 nitrogen and oxygen atoms in total. The molecule has 0 bridgehead atoms. The first kappa shape index (κ1) is 46.2. The monoisotopic (exact) mass is 985 g/mol. The van der Waals surface area contributed by atoms with Crippen molar-refractivity contribution in [1.82, 2.24) is 9.13 Å². The molecule has 5 heterocycles. The molecule has 0 N–H and O–H groups in total. The average Bonchev–Trinajstić information content (AvgIpc) is 2.80. The van der Waals surface area contributed by atoms with E-state index in [1.165, 1.54) is 149 Å². The summed E-state index contributed by atoms with van der Waals surface area (Å²) in [6.07, 6.45) is 3.99. The summed E-state index contributed by atoms with van der Waals surface area (Å²) in [5.41, 5.74) is 28.9. The fourth-order valence-electron chi connectivity index (χ4n) is 15.5. The van der Waals surface area contributed by atoms with E-state index in [1.54, 1.807) is 0 Å². The third-order valence-electron chi connectivity index (χ3n) is 17.5. The summed E-state index contributed by atoms with van der Waals surface area (Å²) in [6.45, 7) is 28.8. The maximum atomic E-state index is 2.83. The summed E-state index contributed by atoms with van der Waals surface area (Å²) in [6, 6.07) is 61.2. The standard InChI is InChI=1S/C73H69BN2/c1-69(2,3)38-42-25-28-62-52(29-42)53-31-44(40-71(7,8)9)34-60-65(53)75(62)67-51(48-27-26-46-19-13-14-20-47(46)36-48)37-59-68-63(67)74(60)61-35-45(41-72(10,11)12)32-55-54-30-43(39-70(4,5)6)33-58(64(54)76(68)66(55)61)73(59)56-23-17-15-21-49(56)50-22-16-18-24-57(50)73/h13-37H,38-41H2,1-12H3. The fraction of sp³-hybridized carbons (Fsp3) is 0.288. The highest BCUT2D eigenvalue weighted by molar-refractivity contribution is 7.00. The minimum absolute atomic E-state index is 0.0174. The quantitative estimate of drug-likeness (QED) is 0.152. The molecule has 3 aliphatic heterocycles. The minimum Gasteiger partial charge on any atom is -0.310 e. The lowest BCUT2D eigenvalue weighted by Gasteiger charge is -2.45. The molecule has 0 fully saturated rings. The number of rotatable bonds is 5. The topological polar surface area (TPSA) is 9.86 Å². The van der Waals surface area contributed by atoms with Crippen molar-refractivity contribution in [1.29, 1.82) is 0 Å². The van der Waals surface area contributed by atoms with E-state index in [2.05, 4.69) is 244 Å². The molecule has 0 amide bonds. The molecule has 9 aromatic carbocycles. The average molecular weight is 985 g/mol. The van der Waals surface area contributed by atoms with E-state index in [-0.39, 0.29) is 28.4 Å². The second kappa shape index (κ2) is 15.1. The zero-order chi connectivity index (χ0) is 52.3. The van der Waals surface area contributed by atoms with Crippen molar-refractivity contribution < 1.29 is 0 Å². The molecule has 0 unspecified atom stereocenters. The fourth-order valence-corrected chi connectivity index (χ4v) is 15.5. The molecule has 0 radical (unpaired) electrons. The van der Waals surface area contributed by atoms with Crippen molar-refractivity contribution in [3.05, 3.63) is 196 Å². The van der Waals surface area contributed by atoms with Gasteiger partial charge in [0.25, 0.3) is 6.71 Å². The van der Waals surface area contributed by atoms with Crippen LogP contribution in [0.4, 0.5) is 0 Å². The Morgan fingerprint density at radius 1 is 0.368 bits per heavy atom. The molecule has 1 aliphatic carbocycles. The number of hydrogen-bond acceptors (Lipinski definition) is 0. The SMILES string of the molecule is CC(C)(C)Cc1ccc2c(c1)c1cc(CC(C)(C)C)cc3c1n2-c1c(-c2ccc4ccccc4c2)cc2c4c1B3c1cc(CC(C)(C)C)cc3c5cc(CC(C)(C)C)cc(c5n-4c13)C21c2ccccc2-c2ccccc21. The molecule has 1 spiro atoms. The predicted molar refractivity (Wildman–Crippen MR) is 326 cm³/mol. The van der Waals surface area contributed by atoms with Crippen LogP contribution in [-0.4, -0.2) is 15.8 Å². The summed E-state index contributed by atoms with van der Waals surface area (Å²) in [5.74, 6) is 0. The maximum Gasteiger partial charge on any atom is 0.252 e. The Kier molecular flexibility index (Phi) is 9.18. The third-order valence-corrected chi connectivity index (χ3v) is 17.5. The molecule has 2 aromatic heterocycles. The van der Waals surface area contributed by atoms with Crippen LogP contribution < -0.4 is 16.4 Å². The van der Waals surface area contributed by atoms with Crippen LogP contribution in [0.2, 0.25) is 0 Å². The van der Waals surface area contributed by atoms with Crippen molar-refractivity contribution in [2.24, 2.45) is 21.7 Å². The van der Waals surface area contributed by atoms with Crippen LogP contribution in [0.5, 0.6) is 0 Å². The van der Waals surface area contributed by atoms with E-state index in [0.717, 1.165) is 25.7 Å². The number of hydrogen-bond donors (Lipinski definition) is 0. The van der Waals surface area contributed by atoms with Gasteiger partial charge < -0.3 is 9.13 Å². The summed E-state index contributed by atoms with van der Waals surface area (Å²) < 4.78 is 5.60. The Morgan fingerprint density at radius 2 is 0.868 bits per heavy atom. The first-order valence-corrected chi connectivity index (χ1v) is 28.3. The normalized spacial score (nSPS) is 14.9. The smallest absolute Gasteiger partial charge is 0.252 e.